The summed E-state index contributed by atoms with van der Waals surface area (Å²) in [5.41, 5.74) is 1.92. The third-order valence-electron chi connectivity index (χ3n) is 6.59. The van der Waals surface area contributed by atoms with Crippen molar-refractivity contribution < 1.29 is 17.9 Å². The number of rotatable bonds is 6. The van der Waals surface area contributed by atoms with E-state index in [1.54, 1.807) is 6.08 Å². The Bertz CT molecular complexity index is 1090. The number of allylic oxidation sites excluding steroid dienone is 1. The number of carbonyl (C=O) groups excluding carboxylic acids is 1. The molecule has 0 heterocycles. The van der Waals surface area contributed by atoms with Gasteiger partial charge in [0.1, 0.15) is 0 Å². The van der Waals surface area contributed by atoms with Crippen molar-refractivity contribution in [2.24, 2.45) is 0 Å². The monoisotopic (exact) mass is 449 g/mol. The Hall–Kier alpha value is -2.91. The van der Waals surface area contributed by atoms with Gasteiger partial charge in [-0.3, -0.25) is 0 Å². The molecule has 0 aromatic heterocycles. The number of benzene rings is 2. The Kier molecular flexibility index (Phi) is 6.48. The van der Waals surface area contributed by atoms with Crippen LogP contribution in [0, 0.1) is 11.3 Å². The van der Waals surface area contributed by atoms with Crippen molar-refractivity contribution in [3.63, 3.8) is 0 Å². The van der Waals surface area contributed by atoms with Crippen molar-refractivity contribution in [2.45, 2.75) is 61.0 Å². The highest BCUT2D eigenvalue weighted by molar-refractivity contribution is 7.93. The molecule has 0 N–H and O–H groups in total. The highest BCUT2D eigenvalue weighted by Crippen LogP contribution is 2.42. The predicted octanol–water partition coefficient (Wildman–Crippen LogP) is 5.05. The fraction of sp³-hybridized carbons (Fsp3) is 0.385. The first-order valence-electron chi connectivity index (χ1n) is 11.1. The van der Waals surface area contributed by atoms with Gasteiger partial charge < -0.3 is 4.74 Å². The Morgan fingerprint density at radius 3 is 2.06 bits per heavy atom. The van der Waals surface area contributed by atoms with Crippen molar-refractivity contribution in [3.05, 3.63) is 83.4 Å². The average Bonchev–Trinajstić information content (AvgIpc) is 3.31. The van der Waals surface area contributed by atoms with Gasteiger partial charge in [0.2, 0.25) is 0 Å². The second-order valence-electron chi connectivity index (χ2n) is 8.63. The van der Waals surface area contributed by atoms with Crippen LogP contribution in [0.5, 0.6) is 0 Å². The average molecular weight is 450 g/mol. The number of hydrogen-bond acceptors (Lipinski definition) is 5. The highest BCUT2D eigenvalue weighted by Gasteiger charge is 2.51. The molecule has 0 aliphatic heterocycles. The minimum Gasteiger partial charge on any atom is -0.449 e. The maximum absolute atomic E-state index is 13.4. The van der Waals surface area contributed by atoms with Crippen molar-refractivity contribution in [3.8, 4) is 6.07 Å². The smallest absolute Gasteiger partial charge is 0.334 e. The zero-order chi connectivity index (χ0) is 22.6. The maximum Gasteiger partial charge on any atom is 0.334 e. The summed E-state index contributed by atoms with van der Waals surface area (Å²) >= 11 is 0. The summed E-state index contributed by atoms with van der Waals surface area (Å²) in [4.78, 5) is 13.1. The van der Waals surface area contributed by atoms with Gasteiger partial charge in [0, 0.05) is 12.0 Å². The van der Waals surface area contributed by atoms with Crippen LogP contribution in [0.3, 0.4) is 0 Å². The van der Waals surface area contributed by atoms with E-state index in [2.05, 4.69) is 6.07 Å². The molecule has 0 saturated heterocycles. The lowest BCUT2D eigenvalue weighted by Gasteiger charge is -2.30. The Morgan fingerprint density at radius 1 is 0.969 bits per heavy atom. The fourth-order valence-corrected chi connectivity index (χ4v) is 7.11. The van der Waals surface area contributed by atoms with E-state index in [4.69, 9.17) is 4.74 Å². The molecule has 1 atom stereocenters. The number of ether oxygens (including phenoxy) is 1. The Balaban J connectivity index is 1.55. The third kappa shape index (κ3) is 4.22. The van der Waals surface area contributed by atoms with Crippen molar-refractivity contribution in [2.75, 3.05) is 0 Å². The van der Waals surface area contributed by atoms with Crippen molar-refractivity contribution >= 4 is 15.8 Å². The van der Waals surface area contributed by atoms with Crippen LogP contribution in [0.25, 0.3) is 0 Å². The van der Waals surface area contributed by atoms with Gasteiger partial charge in [-0.15, -0.1) is 0 Å². The van der Waals surface area contributed by atoms with Gasteiger partial charge in [-0.05, 0) is 30.4 Å². The summed E-state index contributed by atoms with van der Waals surface area (Å²) in [6.07, 6.45) is 4.84. The summed E-state index contributed by atoms with van der Waals surface area (Å²) < 4.78 is 31.1. The molecule has 4 rings (SSSR count). The van der Waals surface area contributed by atoms with E-state index < -0.39 is 31.9 Å². The lowest BCUT2D eigenvalue weighted by molar-refractivity contribution is -0.142. The quantitative estimate of drug-likeness (QED) is 0.576. The van der Waals surface area contributed by atoms with Gasteiger partial charge in [0.05, 0.1) is 11.3 Å². The van der Waals surface area contributed by atoms with Crippen molar-refractivity contribution in [1.82, 2.24) is 0 Å². The molecule has 1 fully saturated rings. The molecule has 0 spiro atoms. The van der Waals surface area contributed by atoms with Gasteiger partial charge in [-0.2, -0.15) is 5.26 Å². The van der Waals surface area contributed by atoms with Crippen LogP contribution in [0.2, 0.25) is 0 Å². The highest BCUT2D eigenvalue weighted by atomic mass is 32.2. The van der Waals surface area contributed by atoms with Crippen LogP contribution < -0.4 is 0 Å². The van der Waals surface area contributed by atoms with E-state index in [-0.39, 0.29) is 18.4 Å². The molecule has 6 heteroatoms. The van der Waals surface area contributed by atoms with Gasteiger partial charge in [-0.1, -0.05) is 86.0 Å². The van der Waals surface area contributed by atoms with E-state index in [0.29, 0.717) is 12.8 Å². The van der Waals surface area contributed by atoms with Crippen LogP contribution >= 0.6 is 0 Å². The molecule has 32 heavy (non-hydrogen) atoms. The molecule has 0 radical (unpaired) electrons. The summed E-state index contributed by atoms with van der Waals surface area (Å²) in [6, 6.07) is 20.9. The number of nitriles is 1. The second-order valence-corrected chi connectivity index (χ2v) is 11.2. The lowest BCUT2D eigenvalue weighted by Crippen LogP contribution is -2.43. The minimum absolute atomic E-state index is 0.0358. The zero-order valence-corrected chi connectivity index (χ0v) is 18.8. The summed E-state index contributed by atoms with van der Waals surface area (Å²) in [5.74, 6) is -0.571. The molecule has 2 aromatic carbocycles. The van der Waals surface area contributed by atoms with Crippen LogP contribution in [0.15, 0.2) is 72.3 Å². The Labute approximate surface area is 189 Å². The fourth-order valence-electron chi connectivity index (χ4n) is 4.72. The maximum atomic E-state index is 13.4. The normalized spacial score (nSPS) is 21.7. The van der Waals surface area contributed by atoms with Gasteiger partial charge in [0.25, 0.3) is 0 Å². The van der Waals surface area contributed by atoms with E-state index >= 15 is 0 Å². The first-order valence-corrected chi connectivity index (χ1v) is 12.7. The SMILES string of the molecule is N#C[C@@]1(S(=O)(=O)C2CCCCC2)CC=C(C(=O)OC(c2ccccc2)c2ccccc2)C1. The molecule has 166 valence electrons. The summed E-state index contributed by atoms with van der Waals surface area (Å²) in [7, 11) is -3.69. The molecule has 2 aliphatic rings. The molecule has 5 nitrogen and oxygen atoms in total. The molecule has 1 saturated carbocycles. The van der Waals surface area contributed by atoms with E-state index in [9.17, 15) is 18.5 Å². The number of hydrogen-bond donors (Lipinski definition) is 0. The topological polar surface area (TPSA) is 84.2 Å². The van der Waals surface area contributed by atoms with E-state index in [1.165, 1.54) is 0 Å². The minimum atomic E-state index is -3.69. The molecular formula is C26H27NO4S. The standard InChI is InChI=1S/C26H27NO4S/c27-19-26(32(29,30)23-14-8-3-9-15-23)17-16-22(18-26)25(28)31-24(20-10-4-1-5-11-20)21-12-6-2-7-13-21/h1-2,4-7,10-13,16,23-24H,3,8-9,14-15,17-18H2/t26-/m1/s1. The van der Waals surface area contributed by atoms with Gasteiger partial charge in [0.15, 0.2) is 20.7 Å². The van der Waals surface area contributed by atoms with Crippen LogP contribution in [0.4, 0.5) is 0 Å². The van der Waals surface area contributed by atoms with Crippen LogP contribution in [-0.2, 0) is 19.4 Å². The number of carbonyl (C=O) groups is 1. The van der Waals surface area contributed by atoms with Crippen molar-refractivity contribution in [1.29, 1.82) is 5.26 Å². The molecule has 0 unspecified atom stereocenters. The molecule has 2 aromatic rings. The van der Waals surface area contributed by atoms with Crippen LogP contribution in [0.1, 0.15) is 62.2 Å². The van der Waals surface area contributed by atoms with Crippen LogP contribution in [-0.4, -0.2) is 24.4 Å². The first-order chi connectivity index (χ1) is 15.5. The predicted molar refractivity (Wildman–Crippen MR) is 122 cm³/mol. The van der Waals surface area contributed by atoms with Gasteiger partial charge >= 0.3 is 5.97 Å². The number of sulfone groups is 1. The number of esters is 1. The lowest BCUT2D eigenvalue weighted by atomic mass is 10.0. The molecule has 0 amide bonds. The molecule has 0 bridgehead atoms. The molecule has 2 aliphatic carbocycles. The third-order valence-corrected chi connectivity index (χ3v) is 9.43. The zero-order valence-electron chi connectivity index (χ0n) is 17.9. The van der Waals surface area contributed by atoms with Gasteiger partial charge in [-0.25, -0.2) is 13.2 Å². The summed E-state index contributed by atoms with van der Waals surface area (Å²) in [5, 5.41) is 9.41. The molecular weight excluding hydrogens is 422 g/mol. The number of nitrogens with zero attached hydrogens (tertiary/aromatic N) is 1. The van der Waals surface area contributed by atoms with E-state index in [1.807, 2.05) is 60.7 Å². The van der Waals surface area contributed by atoms with E-state index in [0.717, 1.165) is 30.4 Å². The first kappa shape index (κ1) is 22.3. The Morgan fingerprint density at radius 2 is 1.53 bits per heavy atom. The largest absolute Gasteiger partial charge is 0.449 e. The second kappa shape index (κ2) is 9.30. The summed E-state index contributed by atoms with van der Waals surface area (Å²) in [6.45, 7) is 0.